The number of aryl methyl sites for hydroxylation is 1. The van der Waals surface area contributed by atoms with Crippen LogP contribution in [0.25, 0.3) is 11.0 Å². The highest BCUT2D eigenvalue weighted by molar-refractivity contribution is 7.16. The number of benzene rings is 1. The molecule has 2 heterocycles. The van der Waals surface area contributed by atoms with E-state index < -0.39 is 0 Å². The van der Waals surface area contributed by atoms with E-state index in [1.807, 2.05) is 30.3 Å². The van der Waals surface area contributed by atoms with E-state index in [0.29, 0.717) is 10.9 Å². The maximum absolute atomic E-state index is 6.10. The second-order valence-corrected chi connectivity index (χ2v) is 7.01. The Hall–Kier alpha value is -0.740. The molecule has 0 aliphatic rings. The summed E-state index contributed by atoms with van der Waals surface area (Å²) in [7, 11) is 0. The van der Waals surface area contributed by atoms with E-state index in [2.05, 4.69) is 9.55 Å². The van der Waals surface area contributed by atoms with Crippen molar-refractivity contribution in [2.75, 3.05) is 5.88 Å². The average molecular weight is 346 g/mol. The number of thiophene rings is 1. The van der Waals surface area contributed by atoms with Gasteiger partial charge in [-0.15, -0.1) is 22.9 Å². The van der Waals surface area contributed by atoms with Crippen molar-refractivity contribution in [3.63, 3.8) is 0 Å². The molecule has 3 aromatic rings. The SMILES string of the molecule is ClCCc1nc2ccc(Cl)cc2n1Cc1ccc(Cl)s1. The van der Waals surface area contributed by atoms with Gasteiger partial charge in [-0.2, -0.15) is 0 Å². The predicted molar refractivity (Wildman–Crippen MR) is 87.6 cm³/mol. The second-order valence-electron chi connectivity index (χ2n) is 4.39. The lowest BCUT2D eigenvalue weighted by Crippen LogP contribution is -2.04. The molecule has 0 aliphatic carbocycles. The topological polar surface area (TPSA) is 17.8 Å². The number of fused-ring (bicyclic) bond motifs is 1. The van der Waals surface area contributed by atoms with Crippen molar-refractivity contribution in [3.8, 4) is 0 Å². The standard InChI is InChI=1S/C14H11Cl3N2S/c15-6-5-14-18-11-3-1-9(16)7-12(11)19(14)8-10-2-4-13(17)20-10/h1-4,7H,5-6,8H2. The first-order chi connectivity index (χ1) is 9.67. The highest BCUT2D eigenvalue weighted by Crippen LogP contribution is 2.26. The minimum absolute atomic E-state index is 0.544. The molecule has 0 bridgehead atoms. The van der Waals surface area contributed by atoms with Gasteiger partial charge in [0.25, 0.3) is 0 Å². The van der Waals surface area contributed by atoms with E-state index >= 15 is 0 Å². The molecule has 2 aromatic heterocycles. The molecule has 3 rings (SSSR count). The van der Waals surface area contributed by atoms with E-state index in [1.165, 1.54) is 4.88 Å². The third-order valence-electron chi connectivity index (χ3n) is 3.05. The number of aromatic nitrogens is 2. The van der Waals surface area contributed by atoms with Crippen molar-refractivity contribution in [3.05, 3.63) is 50.4 Å². The molecule has 0 amide bonds. The molecule has 20 heavy (non-hydrogen) atoms. The lowest BCUT2D eigenvalue weighted by Gasteiger charge is -2.07. The third-order valence-corrected chi connectivity index (χ3v) is 4.69. The summed E-state index contributed by atoms with van der Waals surface area (Å²) < 4.78 is 2.95. The van der Waals surface area contributed by atoms with E-state index in [-0.39, 0.29) is 0 Å². The van der Waals surface area contributed by atoms with Crippen LogP contribution in [0.15, 0.2) is 30.3 Å². The Bertz CT molecular complexity index is 748. The van der Waals surface area contributed by atoms with Crippen LogP contribution in [0.5, 0.6) is 0 Å². The van der Waals surface area contributed by atoms with Crippen LogP contribution in [0.2, 0.25) is 9.36 Å². The second kappa shape index (κ2) is 5.94. The van der Waals surface area contributed by atoms with Gasteiger partial charge >= 0.3 is 0 Å². The third kappa shape index (κ3) is 2.82. The largest absolute Gasteiger partial charge is 0.323 e. The van der Waals surface area contributed by atoms with Gasteiger partial charge in [-0.25, -0.2) is 4.98 Å². The Morgan fingerprint density at radius 1 is 1.15 bits per heavy atom. The maximum Gasteiger partial charge on any atom is 0.111 e. The number of nitrogens with zero attached hydrogens (tertiary/aromatic N) is 2. The van der Waals surface area contributed by atoms with Gasteiger partial charge in [0.05, 0.1) is 21.9 Å². The highest BCUT2D eigenvalue weighted by Gasteiger charge is 2.12. The zero-order valence-electron chi connectivity index (χ0n) is 10.4. The quantitative estimate of drug-likeness (QED) is 0.592. The van der Waals surface area contributed by atoms with E-state index in [1.54, 1.807) is 11.3 Å². The van der Waals surface area contributed by atoms with Gasteiger partial charge in [0.1, 0.15) is 5.82 Å². The van der Waals surface area contributed by atoms with Crippen molar-refractivity contribution in [2.24, 2.45) is 0 Å². The van der Waals surface area contributed by atoms with Crippen LogP contribution in [0.3, 0.4) is 0 Å². The first-order valence-corrected chi connectivity index (χ1v) is 8.23. The molecular formula is C14H11Cl3N2S. The molecule has 0 saturated carbocycles. The summed E-state index contributed by atoms with van der Waals surface area (Å²) in [6, 6.07) is 9.68. The lowest BCUT2D eigenvalue weighted by atomic mass is 10.3. The first kappa shape index (κ1) is 14.2. The highest BCUT2D eigenvalue weighted by atomic mass is 35.5. The van der Waals surface area contributed by atoms with Crippen LogP contribution in [-0.2, 0) is 13.0 Å². The van der Waals surface area contributed by atoms with Crippen LogP contribution in [0.4, 0.5) is 0 Å². The van der Waals surface area contributed by atoms with Gasteiger partial charge in [0.15, 0.2) is 0 Å². The molecule has 0 aliphatic heterocycles. The summed E-state index contributed by atoms with van der Waals surface area (Å²) in [5.41, 5.74) is 1.97. The summed E-state index contributed by atoms with van der Waals surface area (Å²) in [5, 5.41) is 0.709. The fourth-order valence-electron chi connectivity index (χ4n) is 2.19. The zero-order valence-corrected chi connectivity index (χ0v) is 13.5. The molecule has 1 aromatic carbocycles. The Morgan fingerprint density at radius 2 is 2.00 bits per heavy atom. The lowest BCUT2D eigenvalue weighted by molar-refractivity contribution is 0.763. The van der Waals surface area contributed by atoms with Crippen molar-refractivity contribution in [1.82, 2.24) is 9.55 Å². The van der Waals surface area contributed by atoms with Crippen LogP contribution in [0.1, 0.15) is 10.7 Å². The van der Waals surface area contributed by atoms with Crippen molar-refractivity contribution in [2.45, 2.75) is 13.0 Å². The number of hydrogen-bond acceptors (Lipinski definition) is 2. The van der Waals surface area contributed by atoms with E-state index in [4.69, 9.17) is 34.8 Å². The summed E-state index contributed by atoms with van der Waals surface area (Å²) in [6.45, 7) is 0.737. The summed E-state index contributed by atoms with van der Waals surface area (Å²) in [6.07, 6.45) is 0.729. The molecule has 0 unspecified atom stereocenters. The van der Waals surface area contributed by atoms with Gasteiger partial charge in [0.2, 0.25) is 0 Å². The molecule has 0 N–H and O–H groups in total. The fourth-order valence-corrected chi connectivity index (χ4v) is 3.60. The number of rotatable bonds is 4. The van der Waals surface area contributed by atoms with Crippen molar-refractivity contribution in [1.29, 1.82) is 0 Å². The fraction of sp³-hybridized carbons (Fsp3) is 0.214. The van der Waals surface area contributed by atoms with Gasteiger partial charge < -0.3 is 4.57 Å². The number of hydrogen-bond donors (Lipinski definition) is 0. The Labute approximate surface area is 135 Å². The van der Waals surface area contributed by atoms with E-state index in [0.717, 1.165) is 34.2 Å². The summed E-state index contributed by atoms with van der Waals surface area (Å²) >= 11 is 19.5. The zero-order chi connectivity index (χ0) is 14.1. The Balaban J connectivity index is 2.09. The molecule has 104 valence electrons. The Kier molecular flexibility index (Phi) is 4.22. The number of alkyl halides is 1. The van der Waals surface area contributed by atoms with Crippen LogP contribution < -0.4 is 0 Å². The predicted octanol–water partition coefficient (Wildman–Crippen LogP) is 5.23. The Morgan fingerprint density at radius 3 is 2.70 bits per heavy atom. The van der Waals surface area contributed by atoms with Crippen molar-refractivity contribution >= 4 is 57.2 Å². The molecule has 0 radical (unpaired) electrons. The summed E-state index contributed by atoms with van der Waals surface area (Å²) in [4.78, 5) is 5.82. The maximum atomic E-state index is 6.10. The van der Waals surface area contributed by atoms with Gasteiger partial charge in [0, 0.05) is 22.2 Å². The number of imidazole rings is 1. The van der Waals surface area contributed by atoms with Crippen LogP contribution >= 0.6 is 46.1 Å². The van der Waals surface area contributed by atoms with Gasteiger partial charge in [-0.05, 0) is 30.3 Å². The minimum Gasteiger partial charge on any atom is -0.323 e. The average Bonchev–Trinajstić information content (AvgIpc) is 2.96. The van der Waals surface area contributed by atoms with Gasteiger partial charge in [-0.1, -0.05) is 23.2 Å². The van der Waals surface area contributed by atoms with Crippen LogP contribution in [0, 0.1) is 0 Å². The van der Waals surface area contributed by atoms with Gasteiger partial charge in [-0.3, -0.25) is 0 Å². The molecule has 2 nitrogen and oxygen atoms in total. The monoisotopic (exact) mass is 344 g/mol. The van der Waals surface area contributed by atoms with E-state index in [9.17, 15) is 0 Å². The molecular weight excluding hydrogens is 335 g/mol. The smallest absolute Gasteiger partial charge is 0.111 e. The normalized spacial score (nSPS) is 11.3. The molecule has 6 heteroatoms. The molecule has 0 atom stereocenters. The minimum atomic E-state index is 0.544. The molecule has 0 spiro atoms. The molecule has 0 saturated heterocycles. The number of halogens is 3. The first-order valence-electron chi connectivity index (χ1n) is 6.12. The molecule has 0 fully saturated rings. The van der Waals surface area contributed by atoms with Crippen molar-refractivity contribution < 1.29 is 0 Å². The summed E-state index contributed by atoms with van der Waals surface area (Å²) in [5.74, 6) is 1.52. The van der Waals surface area contributed by atoms with Crippen LogP contribution in [-0.4, -0.2) is 15.4 Å².